The number of thioether (sulfide) groups is 1. The highest BCUT2D eigenvalue weighted by Gasteiger charge is 2.46. The van der Waals surface area contributed by atoms with Gasteiger partial charge < -0.3 is 10.2 Å². The fourth-order valence-electron chi connectivity index (χ4n) is 4.15. The number of rotatable bonds is 4. The third kappa shape index (κ3) is 3.07. The number of ketones is 1. The molecule has 1 saturated carbocycles. The van der Waals surface area contributed by atoms with E-state index in [4.69, 9.17) is 15.1 Å². The summed E-state index contributed by atoms with van der Waals surface area (Å²) in [5.41, 5.74) is 6.78. The second-order valence-corrected chi connectivity index (χ2v) is 8.06. The molecule has 26 heavy (non-hydrogen) atoms. The fraction of sp³-hybridized carbons (Fsp3) is 0.400. The van der Waals surface area contributed by atoms with Crippen molar-refractivity contribution in [2.24, 2.45) is 16.6 Å². The summed E-state index contributed by atoms with van der Waals surface area (Å²) in [6.45, 7) is 0. The Morgan fingerprint density at radius 1 is 1.38 bits per heavy atom. The molecule has 2 aromatic rings. The summed E-state index contributed by atoms with van der Waals surface area (Å²) in [5.74, 6) is 1.08. The molecular formula is C20H21FN2O2S. The number of hydrogen-bond acceptors (Lipinski definition) is 5. The van der Waals surface area contributed by atoms with Crippen LogP contribution in [0.2, 0.25) is 0 Å². The Morgan fingerprint density at radius 3 is 3.08 bits per heavy atom. The SMILES string of the molecule is NC1=N[C@@]2(c3cc(CC(=O)c4ccco4)ccc3F)CCCC[C@H]2CS1. The number of nitrogens with zero attached hydrogens (tertiary/aromatic N) is 1. The van der Waals surface area contributed by atoms with E-state index in [1.165, 1.54) is 12.3 Å². The molecule has 0 spiro atoms. The summed E-state index contributed by atoms with van der Waals surface area (Å²) in [7, 11) is 0. The van der Waals surface area contributed by atoms with Crippen LogP contribution in [0.5, 0.6) is 0 Å². The lowest BCUT2D eigenvalue weighted by Crippen LogP contribution is -2.43. The smallest absolute Gasteiger partial charge is 0.202 e. The van der Waals surface area contributed by atoms with Gasteiger partial charge in [0.15, 0.2) is 10.9 Å². The average Bonchev–Trinajstić information content (AvgIpc) is 3.18. The molecule has 0 saturated heterocycles. The van der Waals surface area contributed by atoms with Crippen molar-refractivity contribution in [3.8, 4) is 0 Å². The minimum absolute atomic E-state index is 0.118. The van der Waals surface area contributed by atoms with Gasteiger partial charge in [-0.2, -0.15) is 0 Å². The summed E-state index contributed by atoms with van der Waals surface area (Å²) >= 11 is 1.55. The van der Waals surface area contributed by atoms with Crippen molar-refractivity contribution >= 4 is 22.7 Å². The highest BCUT2D eigenvalue weighted by molar-refractivity contribution is 8.13. The van der Waals surface area contributed by atoms with Crippen LogP contribution in [0.15, 0.2) is 46.0 Å². The van der Waals surface area contributed by atoms with Gasteiger partial charge in [-0.15, -0.1) is 0 Å². The number of amidine groups is 1. The molecule has 1 aliphatic carbocycles. The van der Waals surface area contributed by atoms with E-state index in [0.29, 0.717) is 16.5 Å². The Kier molecular flexibility index (Phi) is 4.61. The van der Waals surface area contributed by atoms with E-state index in [9.17, 15) is 9.18 Å². The predicted molar refractivity (Wildman–Crippen MR) is 101 cm³/mol. The number of carbonyl (C=O) groups is 1. The molecule has 4 nitrogen and oxygen atoms in total. The highest BCUT2D eigenvalue weighted by atomic mass is 32.2. The Bertz CT molecular complexity index is 850. The lowest BCUT2D eigenvalue weighted by molar-refractivity contribution is 0.0966. The molecule has 0 bridgehead atoms. The molecule has 6 heteroatoms. The van der Waals surface area contributed by atoms with Crippen LogP contribution in [-0.4, -0.2) is 16.7 Å². The van der Waals surface area contributed by atoms with Crippen LogP contribution in [0.1, 0.15) is 47.4 Å². The van der Waals surface area contributed by atoms with E-state index >= 15 is 0 Å². The fourth-order valence-corrected chi connectivity index (χ4v) is 5.19. The van der Waals surface area contributed by atoms with Crippen molar-refractivity contribution in [3.05, 3.63) is 59.3 Å². The monoisotopic (exact) mass is 372 g/mol. The van der Waals surface area contributed by atoms with Crippen LogP contribution < -0.4 is 5.73 Å². The lowest BCUT2D eigenvalue weighted by Gasteiger charge is -2.44. The lowest BCUT2D eigenvalue weighted by atomic mass is 9.69. The number of Topliss-reactive ketones (excluding diaryl/α,β-unsaturated/α-hetero) is 1. The molecule has 0 unspecified atom stereocenters. The van der Waals surface area contributed by atoms with Crippen molar-refractivity contribution in [2.75, 3.05) is 5.75 Å². The minimum atomic E-state index is -0.596. The molecule has 1 fully saturated rings. The Balaban J connectivity index is 1.71. The van der Waals surface area contributed by atoms with Gasteiger partial charge in [-0.1, -0.05) is 30.7 Å². The van der Waals surface area contributed by atoms with Gasteiger partial charge >= 0.3 is 0 Å². The Morgan fingerprint density at radius 2 is 2.27 bits per heavy atom. The summed E-state index contributed by atoms with van der Waals surface area (Å²) in [5, 5.41) is 0.527. The van der Waals surface area contributed by atoms with Crippen LogP contribution in [-0.2, 0) is 12.0 Å². The molecule has 2 N–H and O–H groups in total. The molecular weight excluding hydrogens is 351 g/mol. The quantitative estimate of drug-likeness (QED) is 0.813. The molecule has 2 heterocycles. The molecule has 1 aromatic carbocycles. The van der Waals surface area contributed by atoms with Crippen molar-refractivity contribution in [2.45, 2.75) is 37.6 Å². The van der Waals surface area contributed by atoms with E-state index in [1.54, 1.807) is 36.0 Å². The van der Waals surface area contributed by atoms with Gasteiger partial charge in [-0.25, -0.2) is 4.39 Å². The highest BCUT2D eigenvalue weighted by Crippen LogP contribution is 2.49. The Labute approximate surface area is 156 Å². The predicted octanol–water partition coefficient (Wildman–Crippen LogP) is 4.29. The average molecular weight is 372 g/mol. The normalized spacial score (nSPS) is 25.4. The van der Waals surface area contributed by atoms with Gasteiger partial charge in [0.1, 0.15) is 5.82 Å². The largest absolute Gasteiger partial charge is 0.461 e. The van der Waals surface area contributed by atoms with Gasteiger partial charge in [0, 0.05) is 17.7 Å². The molecule has 1 aromatic heterocycles. The third-order valence-electron chi connectivity index (χ3n) is 5.44. The Hall–Kier alpha value is -2.08. The molecule has 2 aliphatic rings. The number of carbonyl (C=O) groups excluding carboxylic acids is 1. The van der Waals surface area contributed by atoms with Gasteiger partial charge in [-0.05, 0) is 48.6 Å². The number of aliphatic imine (C=N–C) groups is 1. The molecule has 136 valence electrons. The van der Waals surface area contributed by atoms with Gasteiger partial charge in [0.25, 0.3) is 0 Å². The topological polar surface area (TPSA) is 68.6 Å². The van der Waals surface area contributed by atoms with E-state index in [-0.39, 0.29) is 23.9 Å². The molecule has 0 radical (unpaired) electrons. The van der Waals surface area contributed by atoms with Crippen LogP contribution in [0, 0.1) is 11.7 Å². The standard InChI is InChI=1S/C20H21FN2O2S/c21-16-7-6-13(11-17(24)18-5-3-9-25-18)10-15(16)20-8-2-1-4-14(20)12-26-19(22)23-20/h3,5-7,9-10,14H,1-2,4,8,11-12H2,(H2,22,23)/t14-,20-/m0/s1. The first-order valence-electron chi connectivity index (χ1n) is 8.92. The second kappa shape index (κ2) is 6.91. The van der Waals surface area contributed by atoms with Crippen LogP contribution in [0.25, 0.3) is 0 Å². The van der Waals surface area contributed by atoms with Gasteiger partial charge in [0.2, 0.25) is 5.78 Å². The molecule has 2 atom stereocenters. The van der Waals surface area contributed by atoms with Crippen molar-refractivity contribution in [3.63, 3.8) is 0 Å². The second-order valence-electron chi connectivity index (χ2n) is 7.02. The maximum absolute atomic E-state index is 14.8. The van der Waals surface area contributed by atoms with Crippen molar-refractivity contribution < 1.29 is 13.6 Å². The van der Waals surface area contributed by atoms with E-state index in [2.05, 4.69) is 0 Å². The van der Waals surface area contributed by atoms with E-state index in [0.717, 1.165) is 37.0 Å². The van der Waals surface area contributed by atoms with Crippen molar-refractivity contribution in [1.82, 2.24) is 0 Å². The number of furan rings is 1. The summed E-state index contributed by atoms with van der Waals surface area (Å²) < 4.78 is 20.0. The van der Waals surface area contributed by atoms with Crippen molar-refractivity contribution in [1.29, 1.82) is 0 Å². The zero-order valence-electron chi connectivity index (χ0n) is 14.4. The van der Waals surface area contributed by atoms with Crippen LogP contribution >= 0.6 is 11.8 Å². The van der Waals surface area contributed by atoms with E-state index in [1.807, 2.05) is 0 Å². The number of halogens is 1. The maximum Gasteiger partial charge on any atom is 0.202 e. The zero-order valence-corrected chi connectivity index (χ0v) is 15.2. The first-order chi connectivity index (χ1) is 12.6. The van der Waals surface area contributed by atoms with Crippen LogP contribution in [0.4, 0.5) is 4.39 Å². The third-order valence-corrected chi connectivity index (χ3v) is 6.39. The number of nitrogens with two attached hydrogens (primary N) is 1. The van der Waals surface area contributed by atoms with Crippen LogP contribution in [0.3, 0.4) is 0 Å². The van der Waals surface area contributed by atoms with Gasteiger partial charge in [-0.3, -0.25) is 9.79 Å². The first-order valence-corrected chi connectivity index (χ1v) is 9.91. The first kappa shape index (κ1) is 17.3. The molecule has 1 aliphatic heterocycles. The zero-order chi connectivity index (χ0) is 18.1. The molecule has 0 amide bonds. The summed E-state index contributed by atoms with van der Waals surface area (Å²) in [6, 6.07) is 8.26. The molecule has 4 rings (SSSR count). The van der Waals surface area contributed by atoms with Gasteiger partial charge in [0.05, 0.1) is 11.8 Å². The number of hydrogen-bond donors (Lipinski definition) is 1. The summed E-state index contributed by atoms with van der Waals surface area (Å²) in [6.07, 6.45) is 5.62. The minimum Gasteiger partial charge on any atom is -0.461 e. The summed E-state index contributed by atoms with van der Waals surface area (Å²) in [4.78, 5) is 17.1. The number of benzene rings is 1. The van der Waals surface area contributed by atoms with E-state index < -0.39 is 5.54 Å². The number of fused-ring (bicyclic) bond motifs is 1. The maximum atomic E-state index is 14.8.